The van der Waals surface area contributed by atoms with Crippen LogP contribution in [0.15, 0.2) is 54.6 Å². The summed E-state index contributed by atoms with van der Waals surface area (Å²) in [7, 11) is 0. The number of rotatable bonds is 7. The lowest BCUT2D eigenvalue weighted by Gasteiger charge is -2.35. The van der Waals surface area contributed by atoms with Crippen molar-refractivity contribution < 1.29 is 9.59 Å². The van der Waals surface area contributed by atoms with Crippen LogP contribution in [-0.4, -0.2) is 30.1 Å². The maximum atomic E-state index is 12.8. The van der Waals surface area contributed by atoms with Crippen LogP contribution in [0.4, 0.5) is 10.5 Å². The molecule has 1 fully saturated rings. The van der Waals surface area contributed by atoms with E-state index in [1.807, 2.05) is 54.6 Å². The normalized spacial score (nSPS) is 14.9. The summed E-state index contributed by atoms with van der Waals surface area (Å²) < 4.78 is 0. The second kappa shape index (κ2) is 8.11. The molecule has 0 saturated carbocycles. The number of para-hydroxylation sites is 1. The number of imide groups is 1. The molecule has 2 aromatic rings. The Morgan fingerprint density at radius 2 is 1.63 bits per heavy atom. The molecule has 0 radical (unpaired) electrons. The third-order valence-electron chi connectivity index (χ3n) is 5.30. The Labute approximate surface area is 164 Å². The number of anilines is 1. The van der Waals surface area contributed by atoms with E-state index in [2.05, 4.69) is 19.2 Å². The number of carbonyl (C=O) groups excluding carboxylic acids is 2. The van der Waals surface area contributed by atoms with Crippen molar-refractivity contribution in [1.82, 2.24) is 10.2 Å². The quantitative estimate of drug-likeness (QED) is 0.720. The average Bonchev–Trinajstić information content (AvgIpc) is 2.99. The summed E-state index contributed by atoms with van der Waals surface area (Å²) in [5, 5.41) is 4.14. The highest BCUT2D eigenvalue weighted by atomic mass is 35.5. The molecular weight excluding hydrogens is 362 g/mol. The summed E-state index contributed by atoms with van der Waals surface area (Å²) in [6, 6.07) is 16.7. The standard InChI is InChI=1S/C21H24ClN3O2/c1-3-21(4-2,16-10-12-17(22)13-11-16)23-15-25-19(26)14-24(20(25)27)18-8-6-5-7-9-18/h5-13,23H,3-4,14-15H2,1-2H3. The van der Waals surface area contributed by atoms with E-state index >= 15 is 0 Å². The summed E-state index contributed by atoms with van der Waals surface area (Å²) >= 11 is 6.02. The summed E-state index contributed by atoms with van der Waals surface area (Å²) in [6.45, 7) is 4.42. The lowest BCUT2D eigenvalue weighted by Crippen LogP contribution is -2.49. The van der Waals surface area contributed by atoms with E-state index < -0.39 is 0 Å². The van der Waals surface area contributed by atoms with Gasteiger partial charge in [-0.15, -0.1) is 0 Å². The molecule has 27 heavy (non-hydrogen) atoms. The fraction of sp³-hybridized carbons (Fsp3) is 0.333. The molecule has 1 N–H and O–H groups in total. The topological polar surface area (TPSA) is 52.7 Å². The number of benzene rings is 2. The van der Waals surface area contributed by atoms with Gasteiger partial charge in [0, 0.05) is 16.2 Å². The Balaban J connectivity index is 1.76. The SMILES string of the molecule is CCC(CC)(NCN1C(=O)CN(c2ccccc2)C1=O)c1ccc(Cl)cc1. The molecular formula is C21H24ClN3O2. The lowest BCUT2D eigenvalue weighted by atomic mass is 9.85. The van der Waals surface area contributed by atoms with E-state index in [1.165, 1.54) is 9.80 Å². The third-order valence-corrected chi connectivity index (χ3v) is 5.56. The predicted molar refractivity (Wildman–Crippen MR) is 108 cm³/mol. The van der Waals surface area contributed by atoms with Crippen LogP contribution in [0.3, 0.4) is 0 Å². The zero-order valence-corrected chi connectivity index (χ0v) is 16.4. The highest BCUT2D eigenvalue weighted by molar-refractivity contribution is 6.30. The van der Waals surface area contributed by atoms with Crippen molar-refractivity contribution in [3.8, 4) is 0 Å². The monoisotopic (exact) mass is 385 g/mol. The minimum Gasteiger partial charge on any atom is -0.290 e. The van der Waals surface area contributed by atoms with Crippen molar-refractivity contribution in [1.29, 1.82) is 0 Å². The molecule has 0 unspecified atom stereocenters. The summed E-state index contributed by atoms with van der Waals surface area (Å²) in [5.41, 5.74) is 1.50. The largest absolute Gasteiger partial charge is 0.332 e. The predicted octanol–water partition coefficient (Wildman–Crippen LogP) is 4.37. The van der Waals surface area contributed by atoms with Gasteiger partial charge >= 0.3 is 6.03 Å². The molecule has 1 saturated heterocycles. The first-order valence-corrected chi connectivity index (χ1v) is 9.56. The van der Waals surface area contributed by atoms with Gasteiger partial charge < -0.3 is 0 Å². The molecule has 0 aliphatic carbocycles. The van der Waals surface area contributed by atoms with E-state index in [0.717, 1.165) is 24.1 Å². The van der Waals surface area contributed by atoms with Gasteiger partial charge in [-0.25, -0.2) is 9.69 Å². The fourth-order valence-electron chi connectivity index (χ4n) is 3.52. The van der Waals surface area contributed by atoms with Gasteiger partial charge in [0.05, 0.1) is 6.67 Å². The van der Waals surface area contributed by atoms with Crippen LogP contribution in [0, 0.1) is 0 Å². The highest BCUT2D eigenvalue weighted by Crippen LogP contribution is 2.30. The van der Waals surface area contributed by atoms with E-state index in [4.69, 9.17) is 11.6 Å². The third kappa shape index (κ3) is 3.84. The molecule has 1 aliphatic rings. The maximum absolute atomic E-state index is 12.8. The molecule has 6 heteroatoms. The van der Waals surface area contributed by atoms with E-state index in [1.54, 1.807) is 0 Å². The molecule has 0 atom stereocenters. The molecule has 142 valence electrons. The first-order chi connectivity index (χ1) is 13.0. The summed E-state index contributed by atoms with van der Waals surface area (Å²) in [5.74, 6) is -0.200. The smallest absolute Gasteiger partial charge is 0.290 e. The van der Waals surface area contributed by atoms with E-state index in [0.29, 0.717) is 5.02 Å². The Hall–Kier alpha value is -2.37. The fourth-order valence-corrected chi connectivity index (χ4v) is 3.64. The number of nitrogens with zero attached hydrogens (tertiary/aromatic N) is 2. The second-order valence-corrected chi connectivity index (χ2v) is 7.09. The van der Waals surface area contributed by atoms with Crippen LogP contribution < -0.4 is 10.2 Å². The molecule has 5 nitrogen and oxygen atoms in total. The van der Waals surface area contributed by atoms with Crippen LogP contribution in [0.2, 0.25) is 5.02 Å². The maximum Gasteiger partial charge on any atom is 0.332 e. The second-order valence-electron chi connectivity index (χ2n) is 6.66. The van der Waals surface area contributed by atoms with Crippen LogP contribution >= 0.6 is 11.6 Å². The van der Waals surface area contributed by atoms with Gasteiger partial charge in [0.15, 0.2) is 0 Å². The Morgan fingerprint density at radius 3 is 2.22 bits per heavy atom. The molecule has 0 bridgehead atoms. The summed E-state index contributed by atoms with van der Waals surface area (Å²) in [6.07, 6.45) is 1.65. The first kappa shape index (κ1) is 19.4. The van der Waals surface area contributed by atoms with Crippen molar-refractivity contribution in [2.24, 2.45) is 0 Å². The number of hydrogen-bond acceptors (Lipinski definition) is 3. The lowest BCUT2D eigenvalue weighted by molar-refractivity contribution is -0.125. The van der Waals surface area contributed by atoms with Gasteiger partial charge in [0.25, 0.3) is 5.91 Å². The molecule has 2 aromatic carbocycles. The molecule has 0 spiro atoms. The van der Waals surface area contributed by atoms with Gasteiger partial charge in [-0.05, 0) is 42.7 Å². The summed E-state index contributed by atoms with van der Waals surface area (Å²) in [4.78, 5) is 28.0. The van der Waals surface area contributed by atoms with Gasteiger partial charge in [-0.1, -0.05) is 55.8 Å². The minimum absolute atomic E-state index is 0.0662. The van der Waals surface area contributed by atoms with Crippen molar-refractivity contribution in [3.63, 3.8) is 0 Å². The van der Waals surface area contributed by atoms with Crippen LogP contribution in [0.5, 0.6) is 0 Å². The van der Waals surface area contributed by atoms with Gasteiger partial charge in [0.1, 0.15) is 6.54 Å². The minimum atomic E-state index is -0.328. The van der Waals surface area contributed by atoms with Crippen LogP contribution in [-0.2, 0) is 10.3 Å². The molecule has 1 aliphatic heterocycles. The average molecular weight is 386 g/mol. The molecule has 1 heterocycles. The van der Waals surface area contributed by atoms with Gasteiger partial charge in [-0.3, -0.25) is 15.0 Å². The Bertz CT molecular complexity index is 804. The van der Waals surface area contributed by atoms with E-state index in [9.17, 15) is 9.59 Å². The van der Waals surface area contributed by atoms with Crippen molar-refractivity contribution in [2.75, 3.05) is 18.1 Å². The Morgan fingerprint density at radius 1 is 1.00 bits per heavy atom. The number of hydrogen-bond donors (Lipinski definition) is 1. The molecule has 3 rings (SSSR count). The Kier molecular flexibility index (Phi) is 5.82. The van der Waals surface area contributed by atoms with Crippen LogP contribution in [0.25, 0.3) is 0 Å². The number of nitrogens with one attached hydrogen (secondary N) is 1. The molecule has 3 amide bonds. The molecule has 0 aromatic heterocycles. The zero-order valence-electron chi connectivity index (χ0n) is 15.6. The van der Waals surface area contributed by atoms with Crippen molar-refractivity contribution >= 4 is 29.2 Å². The number of urea groups is 1. The highest BCUT2D eigenvalue weighted by Gasteiger charge is 2.38. The number of amides is 3. The van der Waals surface area contributed by atoms with Gasteiger partial charge in [0.2, 0.25) is 0 Å². The van der Waals surface area contributed by atoms with Crippen molar-refractivity contribution in [3.05, 3.63) is 65.2 Å². The number of halogens is 1. The van der Waals surface area contributed by atoms with Crippen LogP contribution in [0.1, 0.15) is 32.3 Å². The first-order valence-electron chi connectivity index (χ1n) is 9.18. The number of carbonyl (C=O) groups is 2. The van der Waals surface area contributed by atoms with E-state index in [-0.39, 0.29) is 30.7 Å². The zero-order chi connectivity index (χ0) is 19.4. The van der Waals surface area contributed by atoms with Gasteiger partial charge in [-0.2, -0.15) is 0 Å². The van der Waals surface area contributed by atoms with Crippen molar-refractivity contribution in [2.45, 2.75) is 32.2 Å².